The molecule has 4 nitrogen and oxygen atoms in total. The minimum atomic E-state index is 0.0489. The Balaban J connectivity index is 1.67. The maximum atomic E-state index is 6.26. The fraction of sp³-hybridized carbons (Fsp3) is 0.650. The second-order valence-electron chi connectivity index (χ2n) is 7.31. The van der Waals surface area contributed by atoms with Crippen LogP contribution in [0.3, 0.4) is 0 Å². The molecule has 1 aliphatic heterocycles. The first kappa shape index (κ1) is 18.5. The van der Waals surface area contributed by atoms with Gasteiger partial charge in [0.1, 0.15) is 0 Å². The van der Waals surface area contributed by atoms with E-state index in [1.807, 2.05) is 19.2 Å². The van der Waals surface area contributed by atoms with Gasteiger partial charge in [-0.05, 0) is 43.4 Å². The molecule has 1 aromatic carbocycles. The van der Waals surface area contributed by atoms with Crippen molar-refractivity contribution in [3.05, 3.63) is 34.9 Å². The van der Waals surface area contributed by atoms with Gasteiger partial charge in [-0.25, -0.2) is 0 Å². The molecule has 0 atom stereocenters. The number of rotatable bonds is 4. The van der Waals surface area contributed by atoms with Crippen LogP contribution < -0.4 is 10.6 Å². The number of benzene rings is 1. The van der Waals surface area contributed by atoms with Gasteiger partial charge in [-0.3, -0.25) is 4.99 Å². The molecular formula is C20H30ClN3O. The van der Waals surface area contributed by atoms with Crippen molar-refractivity contribution in [3.63, 3.8) is 0 Å². The van der Waals surface area contributed by atoms with E-state index in [0.29, 0.717) is 6.04 Å². The maximum Gasteiger partial charge on any atom is 0.191 e. The van der Waals surface area contributed by atoms with E-state index < -0.39 is 0 Å². The third kappa shape index (κ3) is 4.89. The summed E-state index contributed by atoms with van der Waals surface area (Å²) in [6.07, 6.45) is 8.49. The summed E-state index contributed by atoms with van der Waals surface area (Å²) in [7, 11) is 1.86. The number of hydrogen-bond donors (Lipinski definition) is 2. The van der Waals surface area contributed by atoms with Gasteiger partial charge in [-0.2, -0.15) is 0 Å². The van der Waals surface area contributed by atoms with E-state index in [1.165, 1.54) is 37.7 Å². The molecule has 138 valence electrons. The number of halogens is 1. The van der Waals surface area contributed by atoms with Crippen molar-refractivity contribution < 1.29 is 4.74 Å². The van der Waals surface area contributed by atoms with E-state index in [-0.39, 0.29) is 5.41 Å². The van der Waals surface area contributed by atoms with Crippen LogP contribution >= 0.6 is 11.6 Å². The largest absolute Gasteiger partial charge is 0.381 e. The summed E-state index contributed by atoms with van der Waals surface area (Å²) >= 11 is 6.26. The van der Waals surface area contributed by atoms with Gasteiger partial charge in [-0.15, -0.1) is 0 Å². The summed E-state index contributed by atoms with van der Waals surface area (Å²) in [6, 6.07) is 8.83. The highest BCUT2D eigenvalue weighted by Gasteiger charge is 2.35. The molecule has 0 amide bonds. The predicted molar refractivity (Wildman–Crippen MR) is 105 cm³/mol. The summed E-state index contributed by atoms with van der Waals surface area (Å²) < 4.78 is 5.62. The lowest BCUT2D eigenvalue weighted by Gasteiger charge is -2.38. The highest BCUT2D eigenvalue weighted by molar-refractivity contribution is 6.30. The van der Waals surface area contributed by atoms with Gasteiger partial charge in [-0.1, -0.05) is 43.0 Å². The summed E-state index contributed by atoms with van der Waals surface area (Å²) in [5.74, 6) is 0.916. The second kappa shape index (κ2) is 8.91. The van der Waals surface area contributed by atoms with Gasteiger partial charge in [0.25, 0.3) is 0 Å². The van der Waals surface area contributed by atoms with Crippen LogP contribution in [0.15, 0.2) is 29.3 Å². The number of nitrogens with zero attached hydrogens (tertiary/aromatic N) is 1. The van der Waals surface area contributed by atoms with Crippen LogP contribution in [0.4, 0.5) is 0 Å². The van der Waals surface area contributed by atoms with Gasteiger partial charge >= 0.3 is 0 Å². The predicted octanol–water partition coefficient (Wildman–Crippen LogP) is 3.89. The van der Waals surface area contributed by atoms with E-state index in [9.17, 15) is 0 Å². The molecule has 25 heavy (non-hydrogen) atoms. The summed E-state index contributed by atoms with van der Waals surface area (Å²) in [5.41, 5.74) is 1.34. The molecule has 1 saturated carbocycles. The monoisotopic (exact) mass is 363 g/mol. The molecule has 2 aliphatic rings. The Kier molecular flexibility index (Phi) is 6.60. The zero-order valence-corrected chi connectivity index (χ0v) is 15.9. The Hall–Kier alpha value is -1.26. The fourth-order valence-electron chi connectivity index (χ4n) is 4.04. The molecule has 1 aliphatic carbocycles. The number of hydrogen-bond acceptors (Lipinski definition) is 2. The lowest BCUT2D eigenvalue weighted by Crippen LogP contribution is -2.50. The Labute approximate surface area is 156 Å². The highest BCUT2D eigenvalue weighted by Crippen LogP contribution is 2.35. The summed E-state index contributed by atoms with van der Waals surface area (Å²) in [5, 5.41) is 7.99. The number of aliphatic imine (C=N–C) groups is 1. The number of guanidine groups is 1. The van der Waals surface area contributed by atoms with Crippen LogP contribution in [0.25, 0.3) is 0 Å². The third-order valence-corrected chi connectivity index (χ3v) is 5.89. The first-order valence-electron chi connectivity index (χ1n) is 9.53. The fourth-order valence-corrected chi connectivity index (χ4v) is 4.23. The molecule has 0 bridgehead atoms. The van der Waals surface area contributed by atoms with Crippen molar-refractivity contribution in [2.45, 2.75) is 56.4 Å². The third-order valence-electron chi connectivity index (χ3n) is 5.65. The number of ether oxygens (including phenoxy) is 1. The van der Waals surface area contributed by atoms with Gasteiger partial charge < -0.3 is 15.4 Å². The molecular weight excluding hydrogens is 334 g/mol. The van der Waals surface area contributed by atoms with Gasteiger partial charge in [0.15, 0.2) is 5.96 Å². The molecule has 3 rings (SSSR count). The van der Waals surface area contributed by atoms with Crippen LogP contribution in [-0.2, 0) is 10.2 Å². The van der Waals surface area contributed by atoms with Gasteiger partial charge in [0.05, 0.1) is 0 Å². The lowest BCUT2D eigenvalue weighted by atomic mass is 9.74. The van der Waals surface area contributed by atoms with E-state index in [1.54, 1.807) is 0 Å². The first-order chi connectivity index (χ1) is 12.2. The lowest BCUT2D eigenvalue weighted by molar-refractivity contribution is 0.0513. The average Bonchev–Trinajstić information content (AvgIpc) is 2.66. The number of nitrogens with one attached hydrogen (secondary N) is 2. The minimum absolute atomic E-state index is 0.0489. The Bertz CT molecular complexity index is 578. The van der Waals surface area contributed by atoms with Crippen molar-refractivity contribution in [2.24, 2.45) is 4.99 Å². The van der Waals surface area contributed by atoms with E-state index in [4.69, 9.17) is 16.3 Å². The zero-order valence-electron chi connectivity index (χ0n) is 15.2. The van der Waals surface area contributed by atoms with Crippen LogP contribution in [0, 0.1) is 0 Å². The zero-order chi connectivity index (χ0) is 17.5. The molecule has 1 saturated heterocycles. The van der Waals surface area contributed by atoms with E-state index in [0.717, 1.165) is 43.6 Å². The maximum absolute atomic E-state index is 6.26. The highest BCUT2D eigenvalue weighted by atomic mass is 35.5. The summed E-state index contributed by atoms with van der Waals surface area (Å²) in [4.78, 5) is 4.45. The molecule has 0 aromatic heterocycles. The van der Waals surface area contributed by atoms with Crippen molar-refractivity contribution in [1.82, 2.24) is 10.6 Å². The molecule has 2 fully saturated rings. The Morgan fingerprint density at radius 3 is 2.68 bits per heavy atom. The minimum Gasteiger partial charge on any atom is -0.381 e. The van der Waals surface area contributed by atoms with E-state index >= 15 is 0 Å². The molecule has 0 radical (unpaired) electrons. The molecule has 0 spiro atoms. The molecule has 1 heterocycles. The van der Waals surface area contributed by atoms with Crippen LogP contribution in [-0.4, -0.2) is 38.8 Å². The van der Waals surface area contributed by atoms with E-state index in [2.05, 4.69) is 27.8 Å². The van der Waals surface area contributed by atoms with Gasteiger partial charge in [0, 0.05) is 43.3 Å². The smallest absolute Gasteiger partial charge is 0.191 e. The Morgan fingerprint density at radius 1 is 1.24 bits per heavy atom. The summed E-state index contributed by atoms with van der Waals surface area (Å²) in [6.45, 7) is 2.44. The Morgan fingerprint density at radius 2 is 2.00 bits per heavy atom. The standard InChI is InChI=1S/C20H30ClN3O/c1-22-19(24-18-8-3-2-4-9-18)23-15-20(10-12-25-13-11-20)16-6-5-7-17(21)14-16/h5-7,14,18H,2-4,8-13,15H2,1H3,(H2,22,23,24). The first-order valence-corrected chi connectivity index (χ1v) is 9.91. The van der Waals surface area contributed by atoms with Crippen molar-refractivity contribution in [1.29, 1.82) is 0 Å². The van der Waals surface area contributed by atoms with Crippen LogP contribution in [0.2, 0.25) is 5.02 Å². The molecule has 1 aromatic rings. The molecule has 5 heteroatoms. The quantitative estimate of drug-likeness (QED) is 0.630. The normalized spacial score (nSPS) is 21.8. The van der Waals surface area contributed by atoms with Crippen LogP contribution in [0.5, 0.6) is 0 Å². The van der Waals surface area contributed by atoms with Crippen molar-refractivity contribution in [2.75, 3.05) is 26.8 Å². The molecule has 0 unspecified atom stereocenters. The average molecular weight is 364 g/mol. The van der Waals surface area contributed by atoms with Crippen molar-refractivity contribution >= 4 is 17.6 Å². The van der Waals surface area contributed by atoms with Crippen LogP contribution in [0.1, 0.15) is 50.5 Å². The topological polar surface area (TPSA) is 45.7 Å². The second-order valence-corrected chi connectivity index (χ2v) is 7.74. The van der Waals surface area contributed by atoms with Gasteiger partial charge in [0.2, 0.25) is 0 Å². The molecule has 2 N–H and O–H groups in total. The SMILES string of the molecule is CN=C(NCC1(c2cccc(Cl)c2)CCOCC1)NC1CCCCC1. The van der Waals surface area contributed by atoms with Crippen molar-refractivity contribution in [3.8, 4) is 0 Å².